The second kappa shape index (κ2) is 8.46. The maximum absolute atomic E-state index is 13.1. The van der Waals surface area contributed by atoms with Gasteiger partial charge in [0.25, 0.3) is 0 Å². The lowest BCUT2D eigenvalue weighted by Gasteiger charge is -2.25. The zero-order valence-corrected chi connectivity index (χ0v) is 19.4. The monoisotopic (exact) mass is 439 g/mol. The number of aryl methyl sites for hydroxylation is 1. The van der Waals surface area contributed by atoms with Crippen molar-refractivity contribution < 1.29 is 14.3 Å². The first-order valence-electron chi connectivity index (χ1n) is 10.7. The Morgan fingerprint density at radius 3 is 2.58 bits per heavy atom. The molecule has 2 aromatic rings. The molecule has 1 aromatic carbocycles. The fourth-order valence-corrected chi connectivity index (χ4v) is 5.56. The number of fused-ring (bicyclic) bond motifs is 3. The molecule has 7 heteroatoms. The second-order valence-electron chi connectivity index (χ2n) is 9.06. The van der Waals surface area contributed by atoms with Gasteiger partial charge in [0.05, 0.1) is 12.8 Å². The van der Waals surface area contributed by atoms with Gasteiger partial charge in [0.2, 0.25) is 11.8 Å². The number of amides is 2. The molecule has 2 aliphatic rings. The quantitative estimate of drug-likeness (QED) is 0.789. The maximum atomic E-state index is 13.1. The number of ether oxygens (including phenoxy) is 1. The summed E-state index contributed by atoms with van der Waals surface area (Å²) in [4.78, 5) is 33.5. The molecular formula is C24H29N3O3S. The molecule has 0 radical (unpaired) electrons. The van der Waals surface area contributed by atoms with Crippen molar-refractivity contribution >= 4 is 33.9 Å². The van der Waals surface area contributed by atoms with E-state index in [-0.39, 0.29) is 30.4 Å². The average Bonchev–Trinajstić information content (AvgIpc) is 3.04. The van der Waals surface area contributed by atoms with Crippen LogP contribution in [0.15, 0.2) is 29.3 Å². The highest BCUT2D eigenvalue weighted by atomic mass is 32.1. The summed E-state index contributed by atoms with van der Waals surface area (Å²) in [7, 11) is 1.64. The van der Waals surface area contributed by atoms with E-state index in [2.05, 4.69) is 5.32 Å². The second-order valence-corrected chi connectivity index (χ2v) is 10.1. The number of nitrogens with zero attached hydrogens (tertiary/aromatic N) is 2. The lowest BCUT2D eigenvalue weighted by molar-refractivity contribution is -0.124. The SMILES string of the molecule is COc1ccc(C2=NCC(=O)N(CC(=O)NC(C)(C)C)c3sc4c(c32)CCCC4)cc1. The van der Waals surface area contributed by atoms with Crippen LogP contribution < -0.4 is 15.0 Å². The van der Waals surface area contributed by atoms with Gasteiger partial charge >= 0.3 is 0 Å². The lowest BCUT2D eigenvalue weighted by Crippen LogP contribution is -2.47. The van der Waals surface area contributed by atoms with Crippen molar-refractivity contribution in [3.05, 3.63) is 45.8 Å². The van der Waals surface area contributed by atoms with E-state index in [1.54, 1.807) is 23.3 Å². The summed E-state index contributed by atoms with van der Waals surface area (Å²) in [5, 5.41) is 3.83. The molecule has 0 unspecified atom stereocenters. The molecule has 1 aromatic heterocycles. The van der Waals surface area contributed by atoms with Crippen LogP contribution in [0.25, 0.3) is 0 Å². The maximum Gasteiger partial charge on any atom is 0.249 e. The fraction of sp³-hybridized carbons (Fsp3) is 0.458. The van der Waals surface area contributed by atoms with Crippen LogP contribution >= 0.6 is 11.3 Å². The predicted molar refractivity (Wildman–Crippen MR) is 125 cm³/mol. The molecule has 1 N–H and O–H groups in total. The molecule has 31 heavy (non-hydrogen) atoms. The average molecular weight is 440 g/mol. The number of hydrogen-bond acceptors (Lipinski definition) is 5. The van der Waals surface area contributed by atoms with Gasteiger partial charge in [0.1, 0.15) is 23.8 Å². The smallest absolute Gasteiger partial charge is 0.249 e. The van der Waals surface area contributed by atoms with E-state index in [0.29, 0.717) is 0 Å². The van der Waals surface area contributed by atoms with Gasteiger partial charge in [-0.2, -0.15) is 0 Å². The Bertz CT molecular complexity index is 1030. The Morgan fingerprint density at radius 1 is 1.19 bits per heavy atom. The van der Waals surface area contributed by atoms with Crippen molar-refractivity contribution in [3.63, 3.8) is 0 Å². The number of carbonyl (C=O) groups excluding carboxylic acids is 2. The first kappa shape index (κ1) is 21.6. The van der Waals surface area contributed by atoms with Gasteiger partial charge in [-0.1, -0.05) is 0 Å². The Kier molecular flexibility index (Phi) is 5.88. The van der Waals surface area contributed by atoms with Crippen LogP contribution in [-0.2, 0) is 22.4 Å². The summed E-state index contributed by atoms with van der Waals surface area (Å²) < 4.78 is 5.30. The minimum Gasteiger partial charge on any atom is -0.497 e. The number of hydrogen-bond donors (Lipinski definition) is 1. The summed E-state index contributed by atoms with van der Waals surface area (Å²) in [5.41, 5.74) is 3.76. The number of nitrogens with one attached hydrogen (secondary N) is 1. The molecule has 0 saturated heterocycles. The van der Waals surface area contributed by atoms with E-state index in [1.807, 2.05) is 45.0 Å². The highest BCUT2D eigenvalue weighted by Gasteiger charge is 2.33. The summed E-state index contributed by atoms with van der Waals surface area (Å²) in [6, 6.07) is 7.80. The highest BCUT2D eigenvalue weighted by Crippen LogP contribution is 2.42. The van der Waals surface area contributed by atoms with Gasteiger partial charge in [-0.05, 0) is 76.3 Å². The van der Waals surface area contributed by atoms with Crippen LogP contribution in [-0.4, -0.2) is 43.3 Å². The number of anilines is 1. The number of benzene rings is 1. The number of carbonyl (C=O) groups is 2. The van der Waals surface area contributed by atoms with Gasteiger partial charge in [-0.15, -0.1) is 11.3 Å². The van der Waals surface area contributed by atoms with Crippen molar-refractivity contribution in [1.82, 2.24) is 5.32 Å². The molecule has 2 heterocycles. The minimum absolute atomic E-state index is 0.00785. The summed E-state index contributed by atoms with van der Waals surface area (Å²) >= 11 is 1.65. The molecule has 0 spiro atoms. The van der Waals surface area contributed by atoms with Crippen molar-refractivity contribution in [1.29, 1.82) is 0 Å². The molecule has 2 amide bonds. The van der Waals surface area contributed by atoms with E-state index in [0.717, 1.165) is 53.3 Å². The zero-order chi connectivity index (χ0) is 22.2. The lowest BCUT2D eigenvalue weighted by atomic mass is 9.91. The van der Waals surface area contributed by atoms with Gasteiger partial charge < -0.3 is 10.1 Å². The van der Waals surface area contributed by atoms with E-state index < -0.39 is 0 Å². The van der Waals surface area contributed by atoms with E-state index in [4.69, 9.17) is 9.73 Å². The van der Waals surface area contributed by atoms with Gasteiger partial charge in [-0.3, -0.25) is 19.5 Å². The number of thiophene rings is 1. The third-order valence-electron chi connectivity index (χ3n) is 5.49. The molecule has 0 bridgehead atoms. The van der Waals surface area contributed by atoms with Crippen LogP contribution in [0.2, 0.25) is 0 Å². The number of methoxy groups -OCH3 is 1. The molecule has 0 fully saturated rings. The van der Waals surface area contributed by atoms with E-state index >= 15 is 0 Å². The van der Waals surface area contributed by atoms with Crippen LogP contribution in [0.4, 0.5) is 5.00 Å². The molecule has 1 aliphatic heterocycles. The molecule has 1 aliphatic carbocycles. The van der Waals surface area contributed by atoms with Crippen LogP contribution in [0.3, 0.4) is 0 Å². The number of aliphatic imine (C=N–C) groups is 1. The van der Waals surface area contributed by atoms with Gasteiger partial charge in [0.15, 0.2) is 0 Å². The van der Waals surface area contributed by atoms with Crippen molar-refractivity contribution in [2.24, 2.45) is 4.99 Å². The molecular weight excluding hydrogens is 410 g/mol. The van der Waals surface area contributed by atoms with Crippen LogP contribution in [0, 0.1) is 0 Å². The normalized spacial score (nSPS) is 16.2. The Hall–Kier alpha value is -2.67. The molecule has 164 valence electrons. The van der Waals surface area contributed by atoms with E-state index in [1.165, 1.54) is 10.4 Å². The molecule has 0 saturated carbocycles. The highest BCUT2D eigenvalue weighted by molar-refractivity contribution is 7.17. The first-order chi connectivity index (χ1) is 14.8. The van der Waals surface area contributed by atoms with Crippen LogP contribution in [0.5, 0.6) is 5.75 Å². The van der Waals surface area contributed by atoms with E-state index in [9.17, 15) is 9.59 Å². The Balaban J connectivity index is 1.78. The Morgan fingerprint density at radius 2 is 1.90 bits per heavy atom. The summed E-state index contributed by atoms with van der Waals surface area (Å²) in [5.74, 6) is 0.473. The van der Waals surface area contributed by atoms with Gasteiger partial charge in [-0.25, -0.2) is 0 Å². The Labute approximate surface area is 187 Å². The van der Waals surface area contributed by atoms with Gasteiger partial charge in [0, 0.05) is 21.5 Å². The minimum atomic E-state index is -0.353. The molecule has 0 atom stereocenters. The van der Waals surface area contributed by atoms with Crippen molar-refractivity contribution in [3.8, 4) is 5.75 Å². The molecule has 4 rings (SSSR count). The first-order valence-corrected chi connectivity index (χ1v) is 11.5. The van der Waals surface area contributed by atoms with Crippen LogP contribution in [0.1, 0.15) is 55.2 Å². The number of rotatable bonds is 4. The fourth-order valence-electron chi connectivity index (χ4n) is 4.16. The standard InChI is InChI=1S/C24H29N3O3S/c1-24(2,3)26-19(28)14-27-20(29)13-25-22(15-9-11-16(30-4)12-10-15)21-17-7-5-6-8-18(17)31-23(21)27/h9-12H,5-8,13-14H2,1-4H3,(H,26,28). The third kappa shape index (κ3) is 4.51. The zero-order valence-electron chi connectivity index (χ0n) is 18.6. The predicted octanol–water partition coefficient (Wildman–Crippen LogP) is 3.73. The van der Waals surface area contributed by atoms with Crippen molar-refractivity contribution in [2.45, 2.75) is 52.0 Å². The largest absolute Gasteiger partial charge is 0.497 e. The summed E-state index contributed by atoms with van der Waals surface area (Å²) in [6.07, 6.45) is 4.27. The summed E-state index contributed by atoms with van der Waals surface area (Å²) in [6.45, 7) is 5.86. The topological polar surface area (TPSA) is 71.0 Å². The third-order valence-corrected chi connectivity index (χ3v) is 6.80. The van der Waals surface area contributed by atoms with Crippen molar-refractivity contribution in [2.75, 3.05) is 25.1 Å². The molecule has 6 nitrogen and oxygen atoms in total.